The van der Waals surface area contributed by atoms with Crippen LogP contribution in [0.3, 0.4) is 0 Å². The number of hydrogen-bond donors (Lipinski definition) is 0. The second-order valence-corrected chi connectivity index (χ2v) is 2.01. The fourth-order valence-electron chi connectivity index (χ4n) is 0.788. The molecule has 0 amide bonds. The van der Waals surface area contributed by atoms with E-state index in [2.05, 4.69) is 10.9 Å². The zero-order valence-electron chi connectivity index (χ0n) is 4.46. The number of rotatable bonds is 0. The third-order valence-electron chi connectivity index (χ3n) is 1.57. The second-order valence-electron chi connectivity index (χ2n) is 2.01. The molecule has 0 N–H and O–H groups in total. The van der Waals surface area contributed by atoms with Crippen LogP contribution in [0.4, 0.5) is 0 Å². The van der Waals surface area contributed by atoms with Crippen molar-refractivity contribution in [1.82, 2.24) is 0 Å². The molecule has 0 saturated heterocycles. The highest BCUT2D eigenvalue weighted by atomic mass is 14.8. The Hall–Kier alpha value is -1.02. The Morgan fingerprint density at radius 1 is 1.62 bits per heavy atom. The maximum atomic E-state index is 8.29. The third-order valence-corrected chi connectivity index (χ3v) is 1.57. The first-order valence-corrected chi connectivity index (χ1v) is 2.64. The fourth-order valence-corrected chi connectivity index (χ4v) is 0.788. The van der Waals surface area contributed by atoms with E-state index in [4.69, 9.17) is 11.8 Å². The molecule has 2 nitrogen and oxygen atoms in total. The SMILES string of the molecule is [C-]#[N+]C1CCC1C#N. The summed E-state index contributed by atoms with van der Waals surface area (Å²) < 4.78 is 0. The minimum Gasteiger partial charge on any atom is -0.312 e. The molecule has 0 aliphatic heterocycles. The standard InChI is InChI=1S/C6H6N2/c1-8-6-3-2-5(6)4-7/h5-6H,2-3H2. The molecule has 1 aliphatic rings. The molecule has 0 bridgehead atoms. The van der Waals surface area contributed by atoms with Gasteiger partial charge in [-0.05, 0) is 6.42 Å². The van der Waals surface area contributed by atoms with E-state index in [1.807, 2.05) is 0 Å². The number of hydrogen-bond acceptors (Lipinski definition) is 1. The van der Waals surface area contributed by atoms with Gasteiger partial charge >= 0.3 is 0 Å². The van der Waals surface area contributed by atoms with Gasteiger partial charge in [-0.1, -0.05) is 0 Å². The lowest BCUT2D eigenvalue weighted by atomic mass is 9.81. The van der Waals surface area contributed by atoms with Crippen LogP contribution in [-0.4, -0.2) is 6.04 Å². The van der Waals surface area contributed by atoms with Crippen LogP contribution < -0.4 is 0 Å². The monoisotopic (exact) mass is 106 g/mol. The molecule has 1 rings (SSSR count). The first kappa shape index (κ1) is 5.12. The van der Waals surface area contributed by atoms with Crippen LogP contribution in [0.1, 0.15) is 12.8 Å². The van der Waals surface area contributed by atoms with Gasteiger partial charge in [-0.2, -0.15) is 5.26 Å². The van der Waals surface area contributed by atoms with Gasteiger partial charge in [-0.25, -0.2) is 6.57 Å². The summed E-state index contributed by atoms with van der Waals surface area (Å²) in [5.41, 5.74) is 0. The molecule has 1 fully saturated rings. The smallest absolute Gasteiger partial charge is 0.239 e. The second kappa shape index (κ2) is 1.84. The average Bonchev–Trinajstić information content (AvgIpc) is 1.66. The Bertz CT molecular complexity index is 140. The summed E-state index contributed by atoms with van der Waals surface area (Å²) in [6, 6.07) is 2.12. The summed E-state index contributed by atoms with van der Waals surface area (Å²) in [5.74, 6) is 0.0486. The lowest BCUT2D eigenvalue weighted by Crippen LogP contribution is -2.26. The molecule has 8 heavy (non-hydrogen) atoms. The van der Waals surface area contributed by atoms with Gasteiger partial charge in [0.2, 0.25) is 6.04 Å². The molecule has 40 valence electrons. The van der Waals surface area contributed by atoms with Crippen molar-refractivity contribution in [3.8, 4) is 6.07 Å². The summed E-state index contributed by atoms with van der Waals surface area (Å²) >= 11 is 0. The minimum absolute atomic E-state index is 0.0278. The largest absolute Gasteiger partial charge is 0.312 e. The van der Waals surface area contributed by atoms with Crippen molar-refractivity contribution < 1.29 is 0 Å². The van der Waals surface area contributed by atoms with Crippen LogP contribution in [-0.2, 0) is 0 Å². The molecule has 0 aromatic rings. The van der Waals surface area contributed by atoms with Gasteiger partial charge in [0.25, 0.3) is 0 Å². The minimum atomic E-state index is 0.0278. The van der Waals surface area contributed by atoms with Gasteiger partial charge in [0.1, 0.15) is 5.92 Å². The van der Waals surface area contributed by atoms with Crippen molar-refractivity contribution in [2.75, 3.05) is 0 Å². The average molecular weight is 106 g/mol. The topological polar surface area (TPSA) is 28.1 Å². The van der Waals surface area contributed by atoms with E-state index in [1.54, 1.807) is 0 Å². The molecule has 0 aromatic heterocycles. The first-order valence-electron chi connectivity index (χ1n) is 2.64. The maximum Gasteiger partial charge on any atom is 0.239 e. The number of nitriles is 1. The lowest BCUT2D eigenvalue weighted by molar-refractivity contribution is 0.369. The molecule has 0 radical (unpaired) electrons. The highest BCUT2D eigenvalue weighted by Crippen LogP contribution is 2.29. The van der Waals surface area contributed by atoms with Crippen LogP contribution >= 0.6 is 0 Å². The van der Waals surface area contributed by atoms with Crippen LogP contribution in [0, 0.1) is 23.8 Å². The van der Waals surface area contributed by atoms with Crippen LogP contribution in [0.25, 0.3) is 4.85 Å². The van der Waals surface area contributed by atoms with Crippen LogP contribution in [0.2, 0.25) is 0 Å². The summed E-state index contributed by atoms with van der Waals surface area (Å²) in [6.45, 7) is 6.57. The zero-order valence-corrected chi connectivity index (χ0v) is 4.46. The maximum absolute atomic E-state index is 8.29. The van der Waals surface area contributed by atoms with E-state index in [1.165, 1.54) is 0 Å². The van der Waals surface area contributed by atoms with Crippen molar-refractivity contribution in [2.45, 2.75) is 18.9 Å². The zero-order chi connectivity index (χ0) is 5.98. The predicted molar refractivity (Wildman–Crippen MR) is 28.7 cm³/mol. The first-order chi connectivity index (χ1) is 3.88. The molecule has 0 aromatic carbocycles. The quantitative estimate of drug-likeness (QED) is 0.426. The van der Waals surface area contributed by atoms with E-state index >= 15 is 0 Å². The van der Waals surface area contributed by atoms with E-state index in [-0.39, 0.29) is 12.0 Å². The van der Waals surface area contributed by atoms with Gasteiger partial charge in [-0.3, -0.25) is 0 Å². The predicted octanol–water partition coefficient (Wildman–Crippen LogP) is 1.21. The van der Waals surface area contributed by atoms with Crippen molar-refractivity contribution in [2.24, 2.45) is 5.92 Å². The summed E-state index contributed by atoms with van der Waals surface area (Å²) in [7, 11) is 0. The molecule has 2 heteroatoms. The molecular weight excluding hydrogens is 100 g/mol. The van der Waals surface area contributed by atoms with Gasteiger partial charge < -0.3 is 4.85 Å². The normalized spacial score (nSPS) is 34.2. The van der Waals surface area contributed by atoms with Crippen molar-refractivity contribution >= 4 is 0 Å². The highest BCUT2D eigenvalue weighted by molar-refractivity contribution is 5.04. The van der Waals surface area contributed by atoms with E-state index < -0.39 is 0 Å². The molecule has 1 aliphatic carbocycles. The lowest BCUT2D eigenvalue weighted by Gasteiger charge is -2.19. The van der Waals surface area contributed by atoms with E-state index in [0.29, 0.717) is 0 Å². The Morgan fingerprint density at radius 2 is 2.38 bits per heavy atom. The Labute approximate surface area is 48.6 Å². The molecule has 1 saturated carbocycles. The highest BCUT2D eigenvalue weighted by Gasteiger charge is 2.35. The fraction of sp³-hybridized carbons (Fsp3) is 0.667. The van der Waals surface area contributed by atoms with Crippen LogP contribution in [0.15, 0.2) is 0 Å². The summed E-state index contributed by atoms with van der Waals surface area (Å²) in [5, 5.41) is 8.29. The van der Waals surface area contributed by atoms with Crippen LogP contribution in [0.5, 0.6) is 0 Å². The summed E-state index contributed by atoms with van der Waals surface area (Å²) in [4.78, 5) is 3.27. The van der Waals surface area contributed by atoms with Crippen molar-refractivity contribution in [3.05, 3.63) is 11.4 Å². The number of nitrogens with zero attached hydrogens (tertiary/aromatic N) is 2. The van der Waals surface area contributed by atoms with Gasteiger partial charge in [0.15, 0.2) is 0 Å². The Balaban J connectivity index is 2.44. The third kappa shape index (κ3) is 0.550. The Kier molecular flexibility index (Phi) is 1.18. The molecular formula is C6H6N2. The molecule has 0 heterocycles. The Morgan fingerprint density at radius 3 is 2.50 bits per heavy atom. The molecule has 2 unspecified atom stereocenters. The van der Waals surface area contributed by atoms with E-state index in [9.17, 15) is 0 Å². The van der Waals surface area contributed by atoms with Crippen molar-refractivity contribution in [1.29, 1.82) is 5.26 Å². The summed E-state index contributed by atoms with van der Waals surface area (Å²) in [6.07, 6.45) is 1.87. The van der Waals surface area contributed by atoms with Gasteiger partial charge in [0, 0.05) is 6.42 Å². The van der Waals surface area contributed by atoms with Gasteiger partial charge in [0.05, 0.1) is 6.07 Å². The van der Waals surface area contributed by atoms with E-state index in [0.717, 1.165) is 12.8 Å². The van der Waals surface area contributed by atoms with Crippen molar-refractivity contribution in [3.63, 3.8) is 0 Å². The van der Waals surface area contributed by atoms with Gasteiger partial charge in [-0.15, -0.1) is 0 Å². The molecule has 2 atom stereocenters. The molecule has 0 spiro atoms.